The van der Waals surface area contributed by atoms with Crippen LogP contribution >= 0.6 is 0 Å². The highest BCUT2D eigenvalue weighted by Crippen LogP contribution is 2.15. The summed E-state index contributed by atoms with van der Waals surface area (Å²) in [5, 5.41) is 1.55. The molecule has 62 valence electrons. The van der Waals surface area contributed by atoms with Crippen LogP contribution in [0.15, 0.2) is 0 Å². The van der Waals surface area contributed by atoms with E-state index in [1.54, 1.807) is 5.06 Å². The zero-order valence-corrected chi connectivity index (χ0v) is 6.45. The minimum atomic E-state index is -0.807. The van der Waals surface area contributed by atoms with Gasteiger partial charge < -0.3 is 4.84 Å². The maximum atomic E-state index is 10.5. The fourth-order valence-electron chi connectivity index (χ4n) is 1.18. The molecule has 1 atom stereocenters. The highest BCUT2D eigenvalue weighted by atomic mass is 16.7. The van der Waals surface area contributed by atoms with Crippen LogP contribution in [0.5, 0.6) is 0 Å². The second-order valence-electron chi connectivity index (χ2n) is 2.66. The number of hydroxylamine groups is 2. The van der Waals surface area contributed by atoms with Crippen molar-refractivity contribution in [3.8, 4) is 0 Å². The van der Waals surface area contributed by atoms with Gasteiger partial charge in [0.15, 0.2) is 0 Å². The number of hydrogen-bond acceptors (Lipinski definition) is 4. The molecule has 1 aliphatic heterocycles. The summed E-state index contributed by atoms with van der Waals surface area (Å²) in [6.45, 7) is 2.70. The van der Waals surface area contributed by atoms with Crippen molar-refractivity contribution in [3.05, 3.63) is 0 Å². The smallest absolute Gasteiger partial charge is 0.362 e. The van der Waals surface area contributed by atoms with Crippen LogP contribution in [-0.2, 0) is 14.4 Å². The van der Waals surface area contributed by atoms with E-state index in [2.05, 4.69) is 0 Å². The first kappa shape index (κ1) is 8.20. The van der Waals surface area contributed by atoms with E-state index in [1.165, 1.54) is 0 Å². The van der Waals surface area contributed by atoms with Gasteiger partial charge in [0, 0.05) is 12.6 Å². The molecule has 1 saturated heterocycles. The molecule has 0 N–H and O–H groups in total. The average molecular weight is 157 g/mol. The van der Waals surface area contributed by atoms with Gasteiger partial charge in [-0.25, -0.2) is 4.79 Å². The van der Waals surface area contributed by atoms with E-state index in [4.69, 9.17) is 4.84 Å². The molecule has 0 spiro atoms. The Balaban J connectivity index is 2.36. The van der Waals surface area contributed by atoms with Crippen molar-refractivity contribution in [2.75, 3.05) is 6.54 Å². The van der Waals surface area contributed by atoms with Crippen LogP contribution in [0.4, 0.5) is 0 Å². The Morgan fingerprint density at radius 2 is 2.45 bits per heavy atom. The number of hydrogen-bond donors (Lipinski definition) is 0. The number of rotatable bonds is 2. The predicted molar refractivity (Wildman–Crippen MR) is 37.6 cm³/mol. The Hall–Kier alpha value is -0.900. The van der Waals surface area contributed by atoms with Gasteiger partial charge in [0.05, 0.1) is 0 Å². The Morgan fingerprint density at radius 3 is 2.91 bits per heavy atom. The van der Waals surface area contributed by atoms with Crippen molar-refractivity contribution in [2.24, 2.45) is 0 Å². The molecule has 1 heterocycles. The van der Waals surface area contributed by atoms with E-state index >= 15 is 0 Å². The van der Waals surface area contributed by atoms with Gasteiger partial charge in [-0.05, 0) is 19.8 Å². The molecule has 1 fully saturated rings. The van der Waals surface area contributed by atoms with E-state index in [9.17, 15) is 9.59 Å². The molecule has 11 heavy (non-hydrogen) atoms. The second kappa shape index (κ2) is 3.48. The van der Waals surface area contributed by atoms with Crippen LogP contribution in [0, 0.1) is 0 Å². The highest BCUT2D eigenvalue weighted by molar-refractivity contribution is 6.20. The Bertz CT molecular complexity index is 169. The number of nitrogens with zero attached hydrogens (tertiary/aromatic N) is 1. The van der Waals surface area contributed by atoms with Crippen molar-refractivity contribution < 1.29 is 14.4 Å². The summed E-state index contributed by atoms with van der Waals surface area (Å²) in [5.74, 6) is -0.807. The summed E-state index contributed by atoms with van der Waals surface area (Å²) in [6.07, 6.45) is 2.23. The maximum Gasteiger partial charge on any atom is 0.390 e. The molecule has 0 aromatic heterocycles. The van der Waals surface area contributed by atoms with Crippen molar-refractivity contribution in [1.82, 2.24) is 5.06 Å². The van der Waals surface area contributed by atoms with Gasteiger partial charge >= 0.3 is 5.97 Å². The standard InChI is InChI=1S/C7H11NO3/c1-6-3-2-4-8(6)11-7(10)5-9/h5-6H,2-4H2,1H3. The first-order chi connectivity index (χ1) is 5.24. The van der Waals surface area contributed by atoms with Crippen LogP contribution in [0.1, 0.15) is 19.8 Å². The SMILES string of the molecule is CC1CCCN1OC(=O)C=O. The summed E-state index contributed by atoms with van der Waals surface area (Å²) < 4.78 is 0. The molecule has 0 bridgehead atoms. The quantitative estimate of drug-likeness (QED) is 0.422. The van der Waals surface area contributed by atoms with E-state index in [0.29, 0.717) is 0 Å². The first-order valence-corrected chi connectivity index (χ1v) is 3.68. The van der Waals surface area contributed by atoms with E-state index in [1.807, 2.05) is 6.92 Å². The van der Waals surface area contributed by atoms with Gasteiger partial charge in [0.2, 0.25) is 6.29 Å². The average Bonchev–Trinajstić information content (AvgIpc) is 2.37. The summed E-state index contributed by atoms with van der Waals surface area (Å²) in [4.78, 5) is 25.1. The van der Waals surface area contributed by atoms with Crippen molar-refractivity contribution >= 4 is 12.3 Å². The van der Waals surface area contributed by atoms with Gasteiger partial charge in [-0.1, -0.05) is 0 Å². The van der Waals surface area contributed by atoms with E-state index < -0.39 is 5.97 Å². The first-order valence-electron chi connectivity index (χ1n) is 3.68. The molecule has 1 unspecified atom stereocenters. The molecule has 0 aromatic rings. The number of carbonyl (C=O) groups excluding carboxylic acids is 2. The minimum absolute atomic E-state index is 0.186. The van der Waals surface area contributed by atoms with Crippen LogP contribution in [0.2, 0.25) is 0 Å². The highest BCUT2D eigenvalue weighted by Gasteiger charge is 2.23. The summed E-state index contributed by atoms with van der Waals surface area (Å²) in [5.41, 5.74) is 0. The van der Waals surface area contributed by atoms with Gasteiger partial charge in [-0.15, -0.1) is 5.06 Å². The molecule has 0 aliphatic carbocycles. The van der Waals surface area contributed by atoms with Crippen molar-refractivity contribution in [3.63, 3.8) is 0 Å². The lowest BCUT2D eigenvalue weighted by atomic mass is 10.3. The van der Waals surface area contributed by atoms with E-state index in [0.717, 1.165) is 19.4 Å². The van der Waals surface area contributed by atoms with Crippen molar-refractivity contribution in [2.45, 2.75) is 25.8 Å². The molecule has 0 aromatic carbocycles. The molecular formula is C7H11NO3. The molecule has 1 rings (SSSR count). The van der Waals surface area contributed by atoms with Crippen LogP contribution in [0.25, 0.3) is 0 Å². The predicted octanol–water partition coefficient (Wildman–Crippen LogP) is 0.128. The molecule has 1 aliphatic rings. The largest absolute Gasteiger partial charge is 0.390 e. The van der Waals surface area contributed by atoms with E-state index in [-0.39, 0.29) is 12.3 Å². The van der Waals surface area contributed by atoms with Crippen LogP contribution in [-0.4, -0.2) is 29.9 Å². The zero-order chi connectivity index (χ0) is 8.27. The lowest BCUT2D eigenvalue weighted by molar-refractivity contribution is -0.191. The van der Waals surface area contributed by atoms with Gasteiger partial charge in [-0.3, -0.25) is 4.79 Å². The molecule has 4 heteroatoms. The summed E-state index contributed by atoms with van der Waals surface area (Å²) in [7, 11) is 0. The lowest BCUT2D eigenvalue weighted by Gasteiger charge is -2.17. The lowest BCUT2D eigenvalue weighted by Crippen LogP contribution is -2.30. The second-order valence-corrected chi connectivity index (χ2v) is 2.66. The Labute approximate surface area is 65.1 Å². The Morgan fingerprint density at radius 1 is 1.73 bits per heavy atom. The monoisotopic (exact) mass is 157 g/mol. The molecule has 0 amide bonds. The number of carbonyl (C=O) groups is 2. The van der Waals surface area contributed by atoms with Crippen molar-refractivity contribution in [1.29, 1.82) is 0 Å². The van der Waals surface area contributed by atoms with Gasteiger partial charge in [0.1, 0.15) is 0 Å². The third kappa shape index (κ3) is 2.01. The van der Waals surface area contributed by atoms with Gasteiger partial charge in [-0.2, -0.15) is 0 Å². The normalized spacial score (nSPS) is 25.0. The topological polar surface area (TPSA) is 46.6 Å². The third-order valence-corrected chi connectivity index (χ3v) is 1.80. The maximum absolute atomic E-state index is 10.5. The summed E-state index contributed by atoms with van der Waals surface area (Å²) >= 11 is 0. The van der Waals surface area contributed by atoms with Crippen LogP contribution in [0.3, 0.4) is 0 Å². The van der Waals surface area contributed by atoms with Crippen LogP contribution < -0.4 is 0 Å². The fraction of sp³-hybridized carbons (Fsp3) is 0.714. The van der Waals surface area contributed by atoms with Gasteiger partial charge in [0.25, 0.3) is 0 Å². The molecule has 0 saturated carbocycles. The third-order valence-electron chi connectivity index (χ3n) is 1.80. The molecule has 0 radical (unpaired) electrons. The Kier molecular flexibility index (Phi) is 2.59. The minimum Gasteiger partial charge on any atom is -0.362 e. The summed E-state index contributed by atoms with van der Waals surface area (Å²) in [6, 6.07) is 0.249. The zero-order valence-electron chi connectivity index (χ0n) is 6.45. The number of aldehydes is 1. The molecule has 4 nitrogen and oxygen atoms in total. The fourth-order valence-corrected chi connectivity index (χ4v) is 1.18. The molecular weight excluding hydrogens is 146 g/mol.